The van der Waals surface area contributed by atoms with Gasteiger partial charge in [0.25, 0.3) is 0 Å². The van der Waals surface area contributed by atoms with E-state index in [-0.39, 0.29) is 17.1 Å². The third-order valence-corrected chi connectivity index (χ3v) is 5.46. The van der Waals surface area contributed by atoms with Crippen molar-refractivity contribution >= 4 is 28.2 Å². The average Bonchev–Trinajstić information content (AvgIpc) is 2.95. The summed E-state index contributed by atoms with van der Waals surface area (Å²) in [6.07, 6.45) is 4.73. The highest BCUT2D eigenvalue weighted by atomic mass is 32.1. The number of rotatable bonds is 2. The van der Waals surface area contributed by atoms with Crippen LogP contribution in [-0.4, -0.2) is 22.2 Å². The Hall–Kier alpha value is -1.27. The minimum Gasteiger partial charge on any atom is -0.317 e. The van der Waals surface area contributed by atoms with Crippen LogP contribution in [0.15, 0.2) is 0 Å². The van der Waals surface area contributed by atoms with E-state index in [0.717, 1.165) is 37.8 Å². The first-order chi connectivity index (χ1) is 9.79. The van der Waals surface area contributed by atoms with Gasteiger partial charge in [-0.25, -0.2) is 4.98 Å². The number of carbonyl (C=O) groups is 2. The lowest BCUT2D eigenvalue weighted by molar-refractivity contribution is -0.121. The third-order valence-electron chi connectivity index (χ3n) is 4.40. The summed E-state index contributed by atoms with van der Waals surface area (Å²) in [4.78, 5) is 29.6. The van der Waals surface area contributed by atoms with E-state index >= 15 is 0 Å². The van der Waals surface area contributed by atoms with Gasteiger partial charge in [0.2, 0.25) is 5.91 Å². The van der Waals surface area contributed by atoms with Gasteiger partial charge < -0.3 is 11.1 Å². The summed E-state index contributed by atoms with van der Waals surface area (Å²) in [7, 11) is 0. The molecule has 1 aromatic heterocycles. The number of aromatic nitrogens is 1. The van der Waals surface area contributed by atoms with Crippen LogP contribution in [0, 0.1) is 5.41 Å². The standard InChI is InChI=1S/C15H21N3O2S/c1-14(2)7-9-11(10(19)8-14)21-13(17-9)18-12(20)15(16)5-3-4-6-15/h3-8,16H2,1-2H3,(H,17,18,20). The molecule has 1 amide bonds. The Bertz CT molecular complexity index is 600. The van der Waals surface area contributed by atoms with Crippen molar-refractivity contribution in [2.24, 2.45) is 11.1 Å². The van der Waals surface area contributed by atoms with Crippen LogP contribution in [0.5, 0.6) is 0 Å². The largest absolute Gasteiger partial charge is 0.317 e. The number of nitrogens with one attached hydrogen (secondary N) is 1. The molecule has 0 radical (unpaired) electrons. The van der Waals surface area contributed by atoms with E-state index in [1.165, 1.54) is 11.3 Å². The fraction of sp³-hybridized carbons (Fsp3) is 0.667. The molecular weight excluding hydrogens is 286 g/mol. The zero-order valence-corrected chi connectivity index (χ0v) is 13.3. The van der Waals surface area contributed by atoms with E-state index in [4.69, 9.17) is 5.73 Å². The summed E-state index contributed by atoms with van der Waals surface area (Å²) in [5.41, 5.74) is 6.13. The number of nitrogens with two attached hydrogens (primary N) is 1. The maximum atomic E-state index is 12.3. The number of hydrogen-bond acceptors (Lipinski definition) is 5. The minimum absolute atomic E-state index is 0.0556. The van der Waals surface area contributed by atoms with Gasteiger partial charge in [-0.2, -0.15) is 0 Å². The number of amides is 1. The molecule has 0 spiro atoms. The molecular formula is C15H21N3O2S. The van der Waals surface area contributed by atoms with Gasteiger partial charge in [0.05, 0.1) is 16.1 Å². The average molecular weight is 307 g/mol. The smallest absolute Gasteiger partial charge is 0.246 e. The summed E-state index contributed by atoms with van der Waals surface area (Å²) in [6, 6.07) is 0. The highest BCUT2D eigenvalue weighted by Crippen LogP contribution is 2.38. The number of ketones is 1. The van der Waals surface area contributed by atoms with Crippen LogP contribution in [0.3, 0.4) is 0 Å². The highest BCUT2D eigenvalue weighted by molar-refractivity contribution is 7.17. The lowest BCUT2D eigenvalue weighted by atomic mass is 9.78. The number of thiazole rings is 1. The van der Waals surface area contributed by atoms with Gasteiger partial charge in [-0.3, -0.25) is 9.59 Å². The summed E-state index contributed by atoms with van der Waals surface area (Å²) in [5.74, 6) is -0.0413. The van der Waals surface area contributed by atoms with Crippen molar-refractivity contribution in [2.45, 2.75) is 57.9 Å². The van der Waals surface area contributed by atoms with Gasteiger partial charge in [-0.05, 0) is 24.7 Å². The predicted molar refractivity (Wildman–Crippen MR) is 82.6 cm³/mol. The molecule has 0 saturated heterocycles. The number of Topliss-reactive ketones (excluding diaryl/α,β-unsaturated/α-hetero) is 1. The van der Waals surface area contributed by atoms with Crippen molar-refractivity contribution in [1.29, 1.82) is 0 Å². The molecule has 114 valence electrons. The molecule has 3 N–H and O–H groups in total. The van der Waals surface area contributed by atoms with E-state index in [9.17, 15) is 9.59 Å². The Morgan fingerprint density at radius 2 is 1.95 bits per heavy atom. The first kappa shape index (κ1) is 14.7. The number of carbonyl (C=O) groups excluding carboxylic acids is 2. The molecule has 21 heavy (non-hydrogen) atoms. The third kappa shape index (κ3) is 2.74. The first-order valence-electron chi connectivity index (χ1n) is 7.42. The van der Waals surface area contributed by atoms with E-state index in [2.05, 4.69) is 24.1 Å². The maximum absolute atomic E-state index is 12.3. The summed E-state index contributed by atoms with van der Waals surface area (Å²) in [6.45, 7) is 4.14. The molecule has 0 bridgehead atoms. The van der Waals surface area contributed by atoms with E-state index in [1.54, 1.807) is 0 Å². The Kier molecular flexibility index (Phi) is 3.41. The van der Waals surface area contributed by atoms with Crippen molar-refractivity contribution in [2.75, 3.05) is 5.32 Å². The molecule has 1 aromatic rings. The zero-order chi connectivity index (χ0) is 15.3. The van der Waals surface area contributed by atoms with Gasteiger partial charge in [-0.1, -0.05) is 38.0 Å². The van der Waals surface area contributed by atoms with Gasteiger partial charge in [0.1, 0.15) is 0 Å². The Balaban J connectivity index is 1.79. The highest BCUT2D eigenvalue weighted by Gasteiger charge is 2.38. The topological polar surface area (TPSA) is 85.1 Å². The van der Waals surface area contributed by atoms with E-state index in [1.807, 2.05) is 0 Å². The molecule has 1 fully saturated rings. The van der Waals surface area contributed by atoms with Crippen LogP contribution < -0.4 is 11.1 Å². The number of anilines is 1. The fourth-order valence-electron chi connectivity index (χ4n) is 3.23. The van der Waals surface area contributed by atoms with E-state index < -0.39 is 5.54 Å². The second kappa shape index (κ2) is 4.88. The Morgan fingerprint density at radius 1 is 1.29 bits per heavy atom. The van der Waals surface area contributed by atoms with Crippen LogP contribution in [0.1, 0.15) is 61.3 Å². The van der Waals surface area contributed by atoms with Crippen LogP contribution in [0.2, 0.25) is 0 Å². The molecule has 0 aromatic carbocycles. The van der Waals surface area contributed by atoms with Gasteiger partial charge in [0, 0.05) is 6.42 Å². The van der Waals surface area contributed by atoms with Crippen LogP contribution in [-0.2, 0) is 11.2 Å². The Morgan fingerprint density at radius 3 is 2.62 bits per heavy atom. The maximum Gasteiger partial charge on any atom is 0.246 e. The van der Waals surface area contributed by atoms with Crippen molar-refractivity contribution in [3.63, 3.8) is 0 Å². The van der Waals surface area contributed by atoms with Crippen molar-refractivity contribution in [3.8, 4) is 0 Å². The quantitative estimate of drug-likeness (QED) is 0.879. The summed E-state index contributed by atoms with van der Waals surface area (Å²) in [5, 5.41) is 3.33. The van der Waals surface area contributed by atoms with Crippen LogP contribution in [0.25, 0.3) is 0 Å². The molecule has 0 atom stereocenters. The minimum atomic E-state index is -0.768. The molecule has 5 nitrogen and oxygen atoms in total. The van der Waals surface area contributed by atoms with Crippen molar-refractivity contribution in [1.82, 2.24) is 4.98 Å². The second-order valence-electron chi connectivity index (χ2n) is 7.05. The molecule has 2 aliphatic rings. The molecule has 1 heterocycles. The fourth-order valence-corrected chi connectivity index (χ4v) is 4.14. The van der Waals surface area contributed by atoms with Crippen molar-refractivity contribution < 1.29 is 9.59 Å². The van der Waals surface area contributed by atoms with Gasteiger partial charge in [-0.15, -0.1) is 0 Å². The van der Waals surface area contributed by atoms with Gasteiger partial charge >= 0.3 is 0 Å². The first-order valence-corrected chi connectivity index (χ1v) is 8.24. The summed E-state index contributed by atoms with van der Waals surface area (Å²) < 4.78 is 0. The normalized spacial score (nSPS) is 22.9. The number of nitrogens with zero attached hydrogens (tertiary/aromatic N) is 1. The summed E-state index contributed by atoms with van der Waals surface area (Å²) >= 11 is 1.28. The monoisotopic (exact) mass is 307 g/mol. The van der Waals surface area contributed by atoms with Crippen LogP contribution in [0.4, 0.5) is 5.13 Å². The molecule has 0 unspecified atom stereocenters. The van der Waals surface area contributed by atoms with Gasteiger partial charge in [0.15, 0.2) is 10.9 Å². The molecule has 6 heteroatoms. The molecule has 2 aliphatic carbocycles. The zero-order valence-electron chi connectivity index (χ0n) is 12.5. The lowest BCUT2D eigenvalue weighted by Gasteiger charge is -2.26. The number of hydrogen-bond donors (Lipinski definition) is 2. The number of fused-ring (bicyclic) bond motifs is 1. The van der Waals surface area contributed by atoms with Crippen molar-refractivity contribution in [3.05, 3.63) is 10.6 Å². The van der Waals surface area contributed by atoms with E-state index in [0.29, 0.717) is 16.4 Å². The predicted octanol–water partition coefficient (Wildman–Crippen LogP) is 2.51. The molecule has 0 aliphatic heterocycles. The second-order valence-corrected chi connectivity index (χ2v) is 8.05. The molecule has 1 saturated carbocycles. The SMILES string of the molecule is CC1(C)CC(=O)c2sc(NC(=O)C3(N)CCCC3)nc2C1. The lowest BCUT2D eigenvalue weighted by Crippen LogP contribution is -2.48. The molecule has 3 rings (SSSR count). The van der Waals surface area contributed by atoms with Crippen LogP contribution >= 0.6 is 11.3 Å². The Labute approximate surface area is 128 Å².